The van der Waals surface area contributed by atoms with Crippen LogP contribution < -0.4 is 9.47 Å². The van der Waals surface area contributed by atoms with E-state index in [0.717, 1.165) is 17.1 Å². The van der Waals surface area contributed by atoms with Crippen LogP contribution in [0.15, 0.2) is 84.9 Å². The SMILES string of the molecule is Oc1ccc(C(Oc2ccccc2)Oc2ccccc2)cc1. The molecule has 0 amide bonds. The van der Waals surface area contributed by atoms with Crippen LogP contribution in [-0.2, 0) is 0 Å². The molecule has 22 heavy (non-hydrogen) atoms. The molecule has 0 atom stereocenters. The van der Waals surface area contributed by atoms with Gasteiger partial charge < -0.3 is 14.6 Å². The molecule has 3 aromatic carbocycles. The van der Waals surface area contributed by atoms with Crippen molar-refractivity contribution in [3.05, 3.63) is 90.5 Å². The average Bonchev–Trinajstić information content (AvgIpc) is 2.57. The Balaban J connectivity index is 1.86. The van der Waals surface area contributed by atoms with E-state index < -0.39 is 6.29 Å². The van der Waals surface area contributed by atoms with E-state index >= 15 is 0 Å². The van der Waals surface area contributed by atoms with E-state index in [-0.39, 0.29) is 5.75 Å². The summed E-state index contributed by atoms with van der Waals surface area (Å²) in [7, 11) is 0. The Morgan fingerprint density at radius 1 is 0.591 bits per heavy atom. The highest BCUT2D eigenvalue weighted by atomic mass is 16.7. The molecule has 110 valence electrons. The fourth-order valence-electron chi connectivity index (χ4n) is 2.04. The first-order chi connectivity index (χ1) is 10.8. The van der Waals surface area contributed by atoms with Crippen LogP contribution in [0.3, 0.4) is 0 Å². The van der Waals surface area contributed by atoms with E-state index in [9.17, 15) is 5.11 Å². The zero-order valence-corrected chi connectivity index (χ0v) is 11.9. The highest BCUT2D eigenvalue weighted by Gasteiger charge is 2.15. The van der Waals surface area contributed by atoms with Gasteiger partial charge in [0.15, 0.2) is 0 Å². The lowest BCUT2D eigenvalue weighted by molar-refractivity contribution is 0.00380. The molecule has 0 radical (unpaired) electrons. The quantitative estimate of drug-likeness (QED) is 0.701. The number of ether oxygens (including phenoxy) is 2. The van der Waals surface area contributed by atoms with Crippen molar-refractivity contribution in [1.29, 1.82) is 0 Å². The molecule has 3 nitrogen and oxygen atoms in total. The maximum atomic E-state index is 9.44. The summed E-state index contributed by atoms with van der Waals surface area (Å²) < 4.78 is 11.9. The van der Waals surface area contributed by atoms with E-state index in [0.29, 0.717) is 0 Å². The van der Waals surface area contributed by atoms with Crippen LogP contribution in [0.4, 0.5) is 0 Å². The number of phenolic OH excluding ortho intramolecular Hbond substituents is 1. The van der Waals surface area contributed by atoms with Gasteiger partial charge in [0.05, 0.1) is 0 Å². The zero-order valence-electron chi connectivity index (χ0n) is 11.9. The number of para-hydroxylation sites is 2. The third kappa shape index (κ3) is 3.58. The van der Waals surface area contributed by atoms with Gasteiger partial charge in [0, 0.05) is 5.56 Å². The summed E-state index contributed by atoms with van der Waals surface area (Å²) >= 11 is 0. The Kier molecular flexibility index (Phi) is 4.25. The van der Waals surface area contributed by atoms with Crippen molar-refractivity contribution in [2.24, 2.45) is 0 Å². The highest BCUT2D eigenvalue weighted by Crippen LogP contribution is 2.26. The molecule has 0 fully saturated rings. The van der Waals surface area contributed by atoms with Crippen LogP contribution in [0.5, 0.6) is 17.2 Å². The maximum absolute atomic E-state index is 9.44. The Morgan fingerprint density at radius 3 is 1.50 bits per heavy atom. The predicted octanol–water partition coefficient (Wildman–Crippen LogP) is 4.55. The number of hydrogen-bond donors (Lipinski definition) is 1. The first-order valence-corrected chi connectivity index (χ1v) is 7.03. The van der Waals surface area contributed by atoms with E-state index in [4.69, 9.17) is 9.47 Å². The van der Waals surface area contributed by atoms with E-state index in [1.807, 2.05) is 60.7 Å². The molecule has 0 aliphatic heterocycles. The number of aromatic hydroxyl groups is 1. The third-order valence-electron chi connectivity index (χ3n) is 3.14. The van der Waals surface area contributed by atoms with Crippen LogP contribution >= 0.6 is 0 Å². The number of phenols is 1. The van der Waals surface area contributed by atoms with Gasteiger partial charge in [0.1, 0.15) is 17.2 Å². The number of hydrogen-bond acceptors (Lipinski definition) is 3. The summed E-state index contributed by atoms with van der Waals surface area (Å²) in [6.07, 6.45) is -0.592. The predicted molar refractivity (Wildman–Crippen MR) is 85.0 cm³/mol. The van der Waals surface area contributed by atoms with Crippen molar-refractivity contribution in [2.75, 3.05) is 0 Å². The molecule has 1 N–H and O–H groups in total. The van der Waals surface area contributed by atoms with E-state index in [1.165, 1.54) is 0 Å². The van der Waals surface area contributed by atoms with Crippen LogP contribution in [0.2, 0.25) is 0 Å². The molecule has 0 saturated carbocycles. The van der Waals surface area contributed by atoms with Gasteiger partial charge >= 0.3 is 0 Å². The van der Waals surface area contributed by atoms with Gasteiger partial charge in [0.25, 0.3) is 6.29 Å². The summed E-state index contributed by atoms with van der Waals surface area (Å²) in [5.41, 5.74) is 0.825. The Morgan fingerprint density at radius 2 is 1.05 bits per heavy atom. The van der Waals surface area contributed by atoms with Gasteiger partial charge in [0.2, 0.25) is 0 Å². The van der Waals surface area contributed by atoms with Gasteiger partial charge in [-0.3, -0.25) is 0 Å². The number of benzene rings is 3. The van der Waals surface area contributed by atoms with Crippen molar-refractivity contribution < 1.29 is 14.6 Å². The van der Waals surface area contributed by atoms with Crippen LogP contribution in [0, 0.1) is 0 Å². The minimum absolute atomic E-state index is 0.210. The second-order valence-corrected chi connectivity index (χ2v) is 4.79. The molecule has 0 aromatic heterocycles. The fourth-order valence-corrected chi connectivity index (χ4v) is 2.04. The smallest absolute Gasteiger partial charge is 0.267 e. The molecular weight excluding hydrogens is 276 g/mol. The van der Waals surface area contributed by atoms with Crippen LogP contribution in [0.1, 0.15) is 11.9 Å². The molecule has 3 heteroatoms. The minimum Gasteiger partial charge on any atom is -0.508 e. The zero-order chi connectivity index (χ0) is 15.2. The summed E-state index contributed by atoms with van der Waals surface area (Å²) in [5.74, 6) is 1.65. The first-order valence-electron chi connectivity index (χ1n) is 7.03. The molecule has 0 aliphatic rings. The molecule has 0 unspecified atom stereocenters. The minimum atomic E-state index is -0.592. The molecule has 0 spiro atoms. The highest BCUT2D eigenvalue weighted by molar-refractivity contribution is 5.30. The van der Waals surface area contributed by atoms with E-state index in [1.54, 1.807) is 24.3 Å². The number of rotatable bonds is 5. The molecule has 0 saturated heterocycles. The molecular formula is C19H16O3. The largest absolute Gasteiger partial charge is 0.508 e. The normalized spacial score (nSPS) is 10.4. The van der Waals surface area contributed by atoms with Gasteiger partial charge in [-0.25, -0.2) is 0 Å². The molecule has 3 aromatic rings. The Hall–Kier alpha value is -2.94. The van der Waals surface area contributed by atoms with Crippen LogP contribution in [-0.4, -0.2) is 5.11 Å². The summed E-state index contributed by atoms with van der Waals surface area (Å²) in [5, 5.41) is 9.44. The van der Waals surface area contributed by atoms with Crippen molar-refractivity contribution in [2.45, 2.75) is 6.29 Å². The lowest BCUT2D eigenvalue weighted by atomic mass is 10.2. The molecule has 0 heterocycles. The summed E-state index contributed by atoms with van der Waals surface area (Å²) in [6.45, 7) is 0. The van der Waals surface area contributed by atoms with Crippen molar-refractivity contribution in [3.63, 3.8) is 0 Å². The van der Waals surface area contributed by atoms with Gasteiger partial charge in [-0.05, 0) is 48.5 Å². The lowest BCUT2D eigenvalue weighted by Crippen LogP contribution is -2.14. The standard InChI is InChI=1S/C19H16O3/c20-16-13-11-15(12-14-16)19(21-17-7-3-1-4-8-17)22-18-9-5-2-6-10-18/h1-14,19-20H. The summed E-state index contributed by atoms with van der Waals surface area (Å²) in [4.78, 5) is 0. The van der Waals surface area contributed by atoms with Gasteiger partial charge in [-0.2, -0.15) is 0 Å². The second kappa shape index (κ2) is 6.68. The van der Waals surface area contributed by atoms with Crippen molar-refractivity contribution in [3.8, 4) is 17.2 Å². The van der Waals surface area contributed by atoms with Crippen molar-refractivity contribution >= 4 is 0 Å². The monoisotopic (exact) mass is 292 g/mol. The van der Waals surface area contributed by atoms with Gasteiger partial charge in [-0.1, -0.05) is 36.4 Å². The Labute approximate surface area is 129 Å². The van der Waals surface area contributed by atoms with Crippen molar-refractivity contribution in [1.82, 2.24) is 0 Å². The van der Waals surface area contributed by atoms with E-state index in [2.05, 4.69) is 0 Å². The lowest BCUT2D eigenvalue weighted by Gasteiger charge is -2.21. The maximum Gasteiger partial charge on any atom is 0.267 e. The fraction of sp³-hybridized carbons (Fsp3) is 0.0526. The van der Waals surface area contributed by atoms with Gasteiger partial charge in [-0.15, -0.1) is 0 Å². The molecule has 0 bridgehead atoms. The topological polar surface area (TPSA) is 38.7 Å². The first kappa shape index (κ1) is 14.0. The Bertz CT molecular complexity index is 652. The van der Waals surface area contributed by atoms with Crippen LogP contribution in [0.25, 0.3) is 0 Å². The third-order valence-corrected chi connectivity index (χ3v) is 3.14. The summed E-state index contributed by atoms with van der Waals surface area (Å²) in [6, 6.07) is 25.8. The molecule has 0 aliphatic carbocycles. The second-order valence-electron chi connectivity index (χ2n) is 4.79. The molecule has 3 rings (SSSR count). The average molecular weight is 292 g/mol.